The fourth-order valence-corrected chi connectivity index (χ4v) is 2.82. The van der Waals surface area contributed by atoms with E-state index in [0.29, 0.717) is 29.0 Å². The van der Waals surface area contributed by atoms with Crippen LogP contribution in [0.4, 0.5) is 5.69 Å². The zero-order valence-corrected chi connectivity index (χ0v) is 16.6. The third-order valence-corrected chi connectivity index (χ3v) is 4.24. The van der Waals surface area contributed by atoms with Gasteiger partial charge in [-0.2, -0.15) is 0 Å². The van der Waals surface area contributed by atoms with Crippen LogP contribution in [0.1, 0.15) is 18.1 Å². The molecule has 2 aromatic carbocycles. The van der Waals surface area contributed by atoms with Crippen LogP contribution >= 0.6 is 48.0 Å². The summed E-state index contributed by atoms with van der Waals surface area (Å²) in [5.41, 5.74) is 8.71. The second-order valence-corrected chi connectivity index (χ2v) is 6.28. The molecule has 1 heterocycles. The number of rotatable bonds is 4. The van der Waals surface area contributed by atoms with E-state index < -0.39 is 0 Å². The minimum atomic E-state index is -0.182. The Hall–Kier alpha value is -1.17. The smallest absolute Gasteiger partial charge is 0.153 e. The number of nitrogens with zero attached hydrogens (tertiary/aromatic N) is 1. The number of ether oxygens (including phenoxy) is 1. The van der Waals surface area contributed by atoms with Gasteiger partial charge in [0.2, 0.25) is 0 Å². The van der Waals surface area contributed by atoms with E-state index in [1.807, 2.05) is 37.3 Å². The standard InChI is InChI=1S/C17H17Cl2N3O.2ClH/c1-10-17(20)22-15-6-11(2-5-16(15)23-10)8-21-9-12-3-4-13(18)7-14(12)19;;/h2-7,10,21H,8-9H2,1H3,(H2,20,22);2*1H. The molecule has 0 bridgehead atoms. The molecular weight excluding hydrogens is 404 g/mol. The first kappa shape index (κ1) is 21.9. The summed E-state index contributed by atoms with van der Waals surface area (Å²) >= 11 is 12.1. The van der Waals surface area contributed by atoms with Crippen molar-refractivity contribution in [3.05, 3.63) is 57.6 Å². The van der Waals surface area contributed by atoms with Crippen LogP contribution in [0.2, 0.25) is 10.0 Å². The summed E-state index contributed by atoms with van der Waals surface area (Å²) in [5.74, 6) is 1.26. The van der Waals surface area contributed by atoms with Crippen molar-refractivity contribution in [2.24, 2.45) is 10.7 Å². The third kappa shape index (κ3) is 5.40. The summed E-state index contributed by atoms with van der Waals surface area (Å²) in [6, 6.07) is 11.4. The average Bonchev–Trinajstić information content (AvgIpc) is 2.51. The Labute approximate surface area is 169 Å². The molecule has 25 heavy (non-hydrogen) atoms. The lowest BCUT2D eigenvalue weighted by Crippen LogP contribution is -2.33. The van der Waals surface area contributed by atoms with Crippen LogP contribution < -0.4 is 15.8 Å². The fraction of sp³-hybridized carbons (Fsp3) is 0.235. The second-order valence-electron chi connectivity index (χ2n) is 5.44. The van der Waals surface area contributed by atoms with Crippen LogP contribution in [0.15, 0.2) is 41.4 Å². The van der Waals surface area contributed by atoms with E-state index in [-0.39, 0.29) is 30.9 Å². The molecule has 0 amide bonds. The van der Waals surface area contributed by atoms with Gasteiger partial charge >= 0.3 is 0 Å². The van der Waals surface area contributed by atoms with Crippen LogP contribution in [-0.4, -0.2) is 11.9 Å². The van der Waals surface area contributed by atoms with E-state index in [1.165, 1.54) is 0 Å². The van der Waals surface area contributed by atoms with Crippen molar-refractivity contribution in [1.29, 1.82) is 0 Å². The zero-order chi connectivity index (χ0) is 16.4. The minimum absolute atomic E-state index is 0. The molecule has 0 saturated carbocycles. The van der Waals surface area contributed by atoms with E-state index in [2.05, 4.69) is 10.3 Å². The fourth-order valence-electron chi connectivity index (χ4n) is 2.35. The number of aliphatic imine (C=N–C) groups is 1. The van der Waals surface area contributed by atoms with Crippen LogP contribution in [0.5, 0.6) is 5.75 Å². The summed E-state index contributed by atoms with van der Waals surface area (Å²) in [7, 11) is 0. The van der Waals surface area contributed by atoms with Gasteiger partial charge in [-0.1, -0.05) is 35.3 Å². The van der Waals surface area contributed by atoms with Gasteiger partial charge in [0.15, 0.2) is 6.10 Å². The minimum Gasteiger partial charge on any atom is -0.481 e. The van der Waals surface area contributed by atoms with Crippen LogP contribution in [0, 0.1) is 0 Å². The van der Waals surface area contributed by atoms with Crippen molar-refractivity contribution in [3.8, 4) is 5.75 Å². The summed E-state index contributed by atoms with van der Waals surface area (Å²) in [6.07, 6.45) is -0.182. The molecule has 1 aliphatic rings. The van der Waals surface area contributed by atoms with Crippen molar-refractivity contribution in [2.45, 2.75) is 26.1 Å². The lowest BCUT2D eigenvalue weighted by Gasteiger charge is -2.21. The summed E-state index contributed by atoms with van der Waals surface area (Å²) in [6.45, 7) is 3.23. The maximum absolute atomic E-state index is 6.16. The molecule has 1 aliphatic heterocycles. The number of halogens is 4. The highest BCUT2D eigenvalue weighted by molar-refractivity contribution is 6.35. The topological polar surface area (TPSA) is 59.6 Å². The Bertz CT molecular complexity index is 768. The quantitative estimate of drug-likeness (QED) is 0.736. The van der Waals surface area contributed by atoms with E-state index in [4.69, 9.17) is 33.7 Å². The normalized spacial score (nSPS) is 15.2. The number of amidine groups is 1. The van der Waals surface area contributed by atoms with Crippen molar-refractivity contribution in [3.63, 3.8) is 0 Å². The van der Waals surface area contributed by atoms with Gasteiger partial charge in [-0.25, -0.2) is 4.99 Å². The van der Waals surface area contributed by atoms with Gasteiger partial charge < -0.3 is 15.8 Å². The number of fused-ring (bicyclic) bond motifs is 1. The van der Waals surface area contributed by atoms with Crippen molar-refractivity contribution >= 4 is 59.5 Å². The van der Waals surface area contributed by atoms with Gasteiger partial charge in [-0.15, -0.1) is 24.8 Å². The lowest BCUT2D eigenvalue weighted by molar-refractivity contribution is 0.281. The van der Waals surface area contributed by atoms with Crippen LogP contribution in [0.3, 0.4) is 0 Å². The number of hydrogen-bond acceptors (Lipinski definition) is 4. The monoisotopic (exact) mass is 421 g/mol. The Balaban J connectivity index is 0.00000156. The largest absolute Gasteiger partial charge is 0.481 e. The van der Waals surface area contributed by atoms with Crippen molar-refractivity contribution in [2.75, 3.05) is 0 Å². The highest BCUT2D eigenvalue weighted by Gasteiger charge is 2.18. The molecule has 0 spiro atoms. The molecule has 0 saturated heterocycles. The summed E-state index contributed by atoms with van der Waals surface area (Å²) in [4.78, 5) is 4.38. The molecule has 0 radical (unpaired) electrons. The van der Waals surface area contributed by atoms with E-state index >= 15 is 0 Å². The Kier molecular flexibility index (Phi) is 8.32. The van der Waals surface area contributed by atoms with E-state index in [0.717, 1.165) is 22.6 Å². The molecule has 8 heteroatoms. The molecule has 136 valence electrons. The average molecular weight is 423 g/mol. The second kappa shape index (κ2) is 9.51. The SMILES string of the molecule is CC1Oc2ccc(CNCc3ccc(Cl)cc3Cl)cc2N=C1N.Cl.Cl. The molecule has 3 N–H and O–H groups in total. The summed E-state index contributed by atoms with van der Waals surface area (Å²) < 4.78 is 5.69. The van der Waals surface area contributed by atoms with Gasteiger partial charge in [0, 0.05) is 23.1 Å². The van der Waals surface area contributed by atoms with E-state index in [9.17, 15) is 0 Å². The van der Waals surface area contributed by atoms with Crippen molar-refractivity contribution in [1.82, 2.24) is 5.32 Å². The first-order chi connectivity index (χ1) is 11.0. The molecule has 2 aromatic rings. The number of nitrogens with one attached hydrogen (secondary N) is 1. The number of benzene rings is 2. The van der Waals surface area contributed by atoms with E-state index in [1.54, 1.807) is 6.07 Å². The van der Waals surface area contributed by atoms with Crippen LogP contribution in [-0.2, 0) is 13.1 Å². The van der Waals surface area contributed by atoms with Gasteiger partial charge in [-0.05, 0) is 42.3 Å². The Morgan fingerprint density at radius 3 is 2.60 bits per heavy atom. The van der Waals surface area contributed by atoms with Gasteiger partial charge in [0.1, 0.15) is 17.3 Å². The molecule has 1 atom stereocenters. The Morgan fingerprint density at radius 2 is 1.88 bits per heavy atom. The molecule has 0 aromatic heterocycles. The summed E-state index contributed by atoms with van der Waals surface area (Å²) in [5, 5.41) is 4.66. The Morgan fingerprint density at radius 1 is 1.12 bits per heavy atom. The predicted octanol–water partition coefficient (Wildman–Crippen LogP) is 4.90. The molecule has 4 nitrogen and oxygen atoms in total. The molecule has 3 rings (SSSR count). The van der Waals surface area contributed by atoms with Gasteiger partial charge in [0.25, 0.3) is 0 Å². The van der Waals surface area contributed by atoms with Crippen molar-refractivity contribution < 1.29 is 4.74 Å². The predicted molar refractivity (Wildman–Crippen MR) is 109 cm³/mol. The lowest BCUT2D eigenvalue weighted by atomic mass is 10.1. The number of hydrogen-bond donors (Lipinski definition) is 2. The first-order valence-corrected chi connectivity index (χ1v) is 8.07. The number of nitrogens with two attached hydrogens (primary N) is 1. The van der Waals surface area contributed by atoms with Crippen LogP contribution in [0.25, 0.3) is 0 Å². The zero-order valence-electron chi connectivity index (χ0n) is 13.5. The highest BCUT2D eigenvalue weighted by atomic mass is 35.5. The molecule has 0 aliphatic carbocycles. The van der Waals surface area contributed by atoms with Gasteiger partial charge in [-0.3, -0.25) is 0 Å². The molecule has 0 fully saturated rings. The molecule has 1 unspecified atom stereocenters. The molecular formula is C17H19Cl4N3O. The maximum Gasteiger partial charge on any atom is 0.153 e. The maximum atomic E-state index is 6.16. The first-order valence-electron chi connectivity index (χ1n) is 7.31. The highest BCUT2D eigenvalue weighted by Crippen LogP contribution is 2.32. The van der Waals surface area contributed by atoms with Gasteiger partial charge in [0.05, 0.1) is 0 Å². The third-order valence-electron chi connectivity index (χ3n) is 3.65.